The number of nitriles is 1. The zero-order valence-electron chi connectivity index (χ0n) is 15.4. The number of ether oxygens (including phenoxy) is 1. The second-order valence-corrected chi connectivity index (χ2v) is 7.25. The Bertz CT molecular complexity index is 1260. The molecule has 4 rings (SSSR count). The molecule has 8 heteroatoms. The van der Waals surface area contributed by atoms with E-state index in [1.165, 1.54) is 6.33 Å². The number of nitrogens with zero attached hydrogens (tertiary/aromatic N) is 4. The first kappa shape index (κ1) is 18.5. The lowest BCUT2D eigenvalue weighted by atomic mass is 10.0. The van der Waals surface area contributed by atoms with Gasteiger partial charge in [-0.15, -0.1) is 0 Å². The zero-order valence-corrected chi connectivity index (χ0v) is 16.2. The SMILES string of the molecule is COc1cc(C#N)ccc1-c1nccc2cc(S(=O)Nc3ccncn3)ccc12. The lowest BCUT2D eigenvalue weighted by molar-refractivity contribution is 0.416. The standard InChI is InChI=1S/C21H15N5O2S/c1-28-19-10-14(12-22)2-4-18(19)21-17-5-3-16(11-15(17)6-9-24-21)29(27)26-20-7-8-23-13-25-20/h2-11,13H,1H3,(H,23,25,26). The second kappa shape index (κ2) is 8.04. The highest BCUT2D eigenvalue weighted by atomic mass is 32.2. The summed E-state index contributed by atoms with van der Waals surface area (Å²) in [7, 11) is 0.0874. The van der Waals surface area contributed by atoms with E-state index in [0.29, 0.717) is 22.0 Å². The smallest absolute Gasteiger partial charge is 0.151 e. The molecule has 4 aromatic rings. The number of methoxy groups -OCH3 is 1. The number of nitrogens with one attached hydrogen (secondary N) is 1. The van der Waals surface area contributed by atoms with Crippen molar-refractivity contribution in [3.63, 3.8) is 0 Å². The quantitative estimate of drug-likeness (QED) is 0.547. The lowest BCUT2D eigenvalue weighted by Crippen LogP contribution is -2.06. The van der Waals surface area contributed by atoms with Crippen molar-refractivity contribution in [2.75, 3.05) is 11.8 Å². The number of hydrogen-bond donors (Lipinski definition) is 1. The van der Waals surface area contributed by atoms with Gasteiger partial charge in [-0.2, -0.15) is 5.26 Å². The van der Waals surface area contributed by atoms with Gasteiger partial charge in [0.1, 0.15) is 17.9 Å². The van der Waals surface area contributed by atoms with Crippen LogP contribution in [0.2, 0.25) is 0 Å². The van der Waals surface area contributed by atoms with E-state index in [2.05, 4.69) is 25.7 Å². The van der Waals surface area contributed by atoms with Crippen LogP contribution < -0.4 is 9.46 Å². The topological polar surface area (TPSA) is 101 Å². The number of anilines is 1. The highest BCUT2D eigenvalue weighted by Gasteiger charge is 2.13. The highest BCUT2D eigenvalue weighted by molar-refractivity contribution is 7.86. The Kier molecular flexibility index (Phi) is 5.14. The summed E-state index contributed by atoms with van der Waals surface area (Å²) in [6.07, 6.45) is 4.67. The molecule has 29 heavy (non-hydrogen) atoms. The number of fused-ring (bicyclic) bond motifs is 1. The average molecular weight is 401 g/mol. The predicted molar refractivity (Wildman–Crippen MR) is 111 cm³/mol. The average Bonchev–Trinajstić information content (AvgIpc) is 2.78. The first-order chi connectivity index (χ1) is 14.2. The summed E-state index contributed by atoms with van der Waals surface area (Å²) in [6, 6.07) is 16.4. The zero-order chi connectivity index (χ0) is 20.2. The molecule has 2 aromatic carbocycles. The van der Waals surface area contributed by atoms with E-state index < -0.39 is 11.0 Å². The van der Waals surface area contributed by atoms with E-state index >= 15 is 0 Å². The van der Waals surface area contributed by atoms with Gasteiger partial charge in [-0.1, -0.05) is 6.07 Å². The maximum atomic E-state index is 12.7. The molecule has 0 saturated carbocycles. The molecular formula is C21H15N5O2S. The van der Waals surface area contributed by atoms with Gasteiger partial charge in [-0.25, -0.2) is 14.2 Å². The largest absolute Gasteiger partial charge is 0.496 e. The molecule has 2 heterocycles. The fraction of sp³-hybridized carbons (Fsp3) is 0.0476. The van der Waals surface area contributed by atoms with Crippen LogP contribution in [-0.4, -0.2) is 26.3 Å². The Labute approximate surface area is 169 Å². The van der Waals surface area contributed by atoms with Crippen LogP contribution >= 0.6 is 0 Å². The van der Waals surface area contributed by atoms with Gasteiger partial charge in [0.05, 0.1) is 29.3 Å². The first-order valence-corrected chi connectivity index (χ1v) is 9.76. The van der Waals surface area contributed by atoms with Crippen molar-refractivity contribution < 1.29 is 8.95 Å². The van der Waals surface area contributed by atoms with E-state index in [4.69, 9.17) is 10.00 Å². The molecule has 0 radical (unpaired) electrons. The van der Waals surface area contributed by atoms with Gasteiger partial charge in [0.2, 0.25) is 0 Å². The first-order valence-electron chi connectivity index (χ1n) is 8.61. The minimum atomic E-state index is -1.47. The van der Waals surface area contributed by atoms with Gasteiger partial charge in [-0.05, 0) is 47.9 Å². The number of rotatable bonds is 5. The van der Waals surface area contributed by atoms with E-state index in [-0.39, 0.29) is 0 Å². The van der Waals surface area contributed by atoms with Crippen molar-refractivity contribution in [3.05, 3.63) is 72.8 Å². The van der Waals surface area contributed by atoms with E-state index in [0.717, 1.165) is 22.0 Å². The predicted octanol–water partition coefficient (Wildman–Crippen LogP) is 3.71. The summed E-state index contributed by atoms with van der Waals surface area (Å²) in [5.74, 6) is 1.05. The second-order valence-electron chi connectivity index (χ2n) is 6.03. The Balaban J connectivity index is 1.74. The van der Waals surface area contributed by atoms with Crippen LogP contribution in [0.4, 0.5) is 5.82 Å². The molecule has 0 fully saturated rings. The van der Waals surface area contributed by atoms with Crippen molar-refractivity contribution in [1.82, 2.24) is 15.0 Å². The fourth-order valence-corrected chi connectivity index (χ4v) is 3.80. The minimum Gasteiger partial charge on any atom is -0.496 e. The Morgan fingerprint density at radius 1 is 1.07 bits per heavy atom. The van der Waals surface area contributed by atoms with Crippen LogP contribution in [0.15, 0.2) is 72.1 Å². The summed E-state index contributed by atoms with van der Waals surface area (Å²) < 4.78 is 21.0. The molecule has 0 aliphatic rings. The van der Waals surface area contributed by atoms with Crippen LogP contribution in [-0.2, 0) is 11.0 Å². The van der Waals surface area contributed by atoms with Crippen LogP contribution in [0.3, 0.4) is 0 Å². The minimum absolute atomic E-state index is 0.483. The number of benzene rings is 2. The molecule has 0 saturated heterocycles. The van der Waals surface area contributed by atoms with Gasteiger partial charge in [-0.3, -0.25) is 9.71 Å². The van der Waals surface area contributed by atoms with Crippen molar-refractivity contribution in [2.45, 2.75) is 4.90 Å². The molecule has 0 bridgehead atoms. The van der Waals surface area contributed by atoms with Gasteiger partial charge in [0, 0.05) is 23.3 Å². The monoisotopic (exact) mass is 401 g/mol. The van der Waals surface area contributed by atoms with E-state index in [9.17, 15) is 4.21 Å². The highest BCUT2D eigenvalue weighted by Crippen LogP contribution is 2.34. The van der Waals surface area contributed by atoms with Crippen LogP contribution in [0.5, 0.6) is 5.75 Å². The maximum Gasteiger partial charge on any atom is 0.151 e. The molecule has 1 N–H and O–H groups in total. The number of aromatic nitrogens is 3. The molecule has 2 aromatic heterocycles. The summed E-state index contributed by atoms with van der Waals surface area (Å²) in [5, 5.41) is 10.9. The third-order valence-corrected chi connectivity index (χ3v) is 5.39. The fourth-order valence-electron chi connectivity index (χ4n) is 2.95. The van der Waals surface area contributed by atoms with E-state index in [1.807, 2.05) is 24.3 Å². The van der Waals surface area contributed by atoms with Crippen molar-refractivity contribution in [1.29, 1.82) is 5.26 Å². The Hall–Kier alpha value is -3.83. The summed E-state index contributed by atoms with van der Waals surface area (Å²) in [4.78, 5) is 13.0. The van der Waals surface area contributed by atoms with Gasteiger partial charge < -0.3 is 4.74 Å². The summed E-state index contributed by atoms with van der Waals surface area (Å²) in [5.41, 5.74) is 2.02. The molecule has 142 valence electrons. The third kappa shape index (κ3) is 3.77. The molecule has 0 amide bonds. The molecular weight excluding hydrogens is 386 g/mol. The van der Waals surface area contributed by atoms with Gasteiger partial charge in [0.15, 0.2) is 11.0 Å². The Morgan fingerprint density at radius 2 is 1.97 bits per heavy atom. The van der Waals surface area contributed by atoms with Crippen molar-refractivity contribution in [3.8, 4) is 23.1 Å². The van der Waals surface area contributed by atoms with Crippen LogP contribution in [0, 0.1) is 11.3 Å². The molecule has 7 nitrogen and oxygen atoms in total. The number of pyridine rings is 1. The molecule has 1 atom stereocenters. The van der Waals surface area contributed by atoms with Crippen molar-refractivity contribution in [2.24, 2.45) is 0 Å². The summed E-state index contributed by atoms with van der Waals surface area (Å²) in [6.45, 7) is 0. The maximum absolute atomic E-state index is 12.7. The molecule has 1 unspecified atom stereocenters. The van der Waals surface area contributed by atoms with Crippen LogP contribution in [0.1, 0.15) is 5.56 Å². The van der Waals surface area contributed by atoms with Crippen molar-refractivity contribution >= 4 is 27.6 Å². The van der Waals surface area contributed by atoms with E-state index in [1.54, 1.807) is 43.8 Å². The summed E-state index contributed by atoms with van der Waals surface area (Å²) >= 11 is 0. The Morgan fingerprint density at radius 3 is 2.72 bits per heavy atom. The van der Waals surface area contributed by atoms with Gasteiger partial charge >= 0.3 is 0 Å². The third-order valence-electron chi connectivity index (χ3n) is 4.31. The normalized spacial score (nSPS) is 11.6. The lowest BCUT2D eigenvalue weighted by Gasteiger charge is -2.12. The molecule has 0 spiro atoms. The van der Waals surface area contributed by atoms with Crippen LogP contribution in [0.25, 0.3) is 22.0 Å². The number of hydrogen-bond acceptors (Lipinski definition) is 6. The molecule has 0 aliphatic carbocycles. The van der Waals surface area contributed by atoms with Gasteiger partial charge in [0.25, 0.3) is 0 Å². The molecule has 0 aliphatic heterocycles.